The first-order chi connectivity index (χ1) is 7.22. The van der Waals surface area contributed by atoms with Crippen LogP contribution >= 0.6 is 0 Å². The van der Waals surface area contributed by atoms with Crippen LogP contribution in [0.25, 0.3) is 0 Å². The first-order valence-electron chi connectivity index (χ1n) is 5.92. The van der Waals surface area contributed by atoms with E-state index in [4.69, 9.17) is 14.4 Å². The molecule has 96 valence electrons. The van der Waals surface area contributed by atoms with Gasteiger partial charge in [-0.05, 0) is 24.6 Å². The summed E-state index contributed by atoms with van der Waals surface area (Å²) in [7, 11) is -1.66. The van der Waals surface area contributed by atoms with Crippen LogP contribution in [-0.4, -0.2) is 44.6 Å². The number of hydrogen-bond donors (Lipinski definition) is 1. The molecule has 0 spiro atoms. The molecule has 16 heavy (non-hydrogen) atoms. The Hall–Kier alpha value is 0.0569. The average molecular weight is 247 g/mol. The SMILES string of the molecule is CC(C)(C)[Si](C)(C)OCC1CCN(O)CO1. The Morgan fingerprint density at radius 2 is 2.06 bits per heavy atom. The molecule has 1 fully saturated rings. The Morgan fingerprint density at radius 1 is 1.44 bits per heavy atom. The van der Waals surface area contributed by atoms with Gasteiger partial charge < -0.3 is 14.4 Å². The number of rotatable bonds is 3. The third kappa shape index (κ3) is 3.82. The fourth-order valence-electron chi connectivity index (χ4n) is 1.28. The minimum atomic E-state index is -1.66. The maximum absolute atomic E-state index is 9.16. The third-order valence-electron chi connectivity index (χ3n) is 3.60. The summed E-state index contributed by atoms with van der Waals surface area (Å²) >= 11 is 0. The molecular formula is C11H25NO3Si. The molecule has 1 unspecified atom stereocenters. The van der Waals surface area contributed by atoms with E-state index >= 15 is 0 Å². The molecule has 0 radical (unpaired) electrons. The zero-order valence-electron chi connectivity index (χ0n) is 11.1. The summed E-state index contributed by atoms with van der Waals surface area (Å²) in [5, 5.41) is 10.6. The van der Waals surface area contributed by atoms with Gasteiger partial charge >= 0.3 is 0 Å². The van der Waals surface area contributed by atoms with Gasteiger partial charge in [-0.1, -0.05) is 20.8 Å². The normalized spacial score (nSPS) is 24.8. The van der Waals surface area contributed by atoms with Gasteiger partial charge in [0, 0.05) is 6.54 Å². The van der Waals surface area contributed by atoms with Gasteiger partial charge in [-0.25, -0.2) is 0 Å². The molecule has 1 rings (SSSR count). The zero-order valence-corrected chi connectivity index (χ0v) is 12.1. The summed E-state index contributed by atoms with van der Waals surface area (Å²) < 4.78 is 11.6. The van der Waals surface area contributed by atoms with Crippen LogP contribution in [0.5, 0.6) is 0 Å². The zero-order chi connectivity index (χ0) is 12.4. The molecule has 0 aromatic rings. The summed E-state index contributed by atoms with van der Waals surface area (Å²) in [5.74, 6) is 0. The molecule has 1 aliphatic rings. The monoisotopic (exact) mass is 247 g/mol. The summed E-state index contributed by atoms with van der Waals surface area (Å²) in [5.41, 5.74) is 0. The fourth-order valence-corrected chi connectivity index (χ4v) is 2.32. The number of hydroxylamine groups is 2. The van der Waals surface area contributed by atoms with Gasteiger partial charge in [-0.2, -0.15) is 5.06 Å². The number of hydrogen-bond acceptors (Lipinski definition) is 4. The Morgan fingerprint density at radius 3 is 2.50 bits per heavy atom. The van der Waals surface area contributed by atoms with E-state index in [1.54, 1.807) is 0 Å². The quantitative estimate of drug-likeness (QED) is 0.778. The van der Waals surface area contributed by atoms with E-state index in [-0.39, 0.29) is 11.1 Å². The van der Waals surface area contributed by atoms with Gasteiger partial charge in [-0.15, -0.1) is 0 Å². The molecule has 1 atom stereocenters. The van der Waals surface area contributed by atoms with Crippen LogP contribution in [-0.2, 0) is 9.16 Å². The van der Waals surface area contributed by atoms with E-state index in [2.05, 4.69) is 33.9 Å². The third-order valence-corrected chi connectivity index (χ3v) is 8.11. The maximum atomic E-state index is 9.16. The lowest BCUT2D eigenvalue weighted by Gasteiger charge is -2.38. The molecule has 1 N–H and O–H groups in total. The van der Waals surface area contributed by atoms with Crippen molar-refractivity contribution in [3.05, 3.63) is 0 Å². The largest absolute Gasteiger partial charge is 0.414 e. The highest BCUT2D eigenvalue weighted by Crippen LogP contribution is 2.36. The van der Waals surface area contributed by atoms with Crippen molar-refractivity contribution in [3.8, 4) is 0 Å². The highest BCUT2D eigenvalue weighted by atomic mass is 28.4. The molecule has 1 aliphatic heterocycles. The summed E-state index contributed by atoms with van der Waals surface area (Å²) in [6.45, 7) is 12.8. The fraction of sp³-hybridized carbons (Fsp3) is 1.00. The minimum Gasteiger partial charge on any atom is -0.414 e. The Balaban J connectivity index is 2.34. The highest BCUT2D eigenvalue weighted by molar-refractivity contribution is 6.74. The van der Waals surface area contributed by atoms with Crippen LogP contribution in [0.1, 0.15) is 27.2 Å². The molecule has 0 bridgehead atoms. The summed E-state index contributed by atoms with van der Waals surface area (Å²) in [6, 6.07) is 0. The van der Waals surface area contributed by atoms with Crippen LogP contribution < -0.4 is 0 Å². The first-order valence-corrected chi connectivity index (χ1v) is 8.82. The van der Waals surface area contributed by atoms with Crippen molar-refractivity contribution in [1.29, 1.82) is 0 Å². The molecular weight excluding hydrogens is 222 g/mol. The van der Waals surface area contributed by atoms with Gasteiger partial charge in [-0.3, -0.25) is 0 Å². The van der Waals surface area contributed by atoms with E-state index in [0.29, 0.717) is 19.9 Å². The lowest BCUT2D eigenvalue weighted by molar-refractivity contribution is -0.211. The van der Waals surface area contributed by atoms with Crippen molar-refractivity contribution in [2.45, 2.75) is 51.4 Å². The molecule has 0 amide bonds. The lowest BCUT2D eigenvalue weighted by Crippen LogP contribution is -2.45. The van der Waals surface area contributed by atoms with E-state index in [9.17, 15) is 0 Å². The van der Waals surface area contributed by atoms with Crippen molar-refractivity contribution in [1.82, 2.24) is 5.06 Å². The van der Waals surface area contributed by atoms with Gasteiger partial charge in [0.05, 0.1) is 12.7 Å². The van der Waals surface area contributed by atoms with Crippen molar-refractivity contribution in [3.63, 3.8) is 0 Å². The predicted molar refractivity (Wildman–Crippen MR) is 66.0 cm³/mol. The summed E-state index contributed by atoms with van der Waals surface area (Å²) in [4.78, 5) is 0. The van der Waals surface area contributed by atoms with Gasteiger partial charge in [0.15, 0.2) is 8.32 Å². The predicted octanol–water partition coefficient (Wildman–Crippen LogP) is 2.45. The molecule has 4 nitrogen and oxygen atoms in total. The second-order valence-corrected chi connectivity index (χ2v) is 10.8. The van der Waals surface area contributed by atoms with Crippen molar-refractivity contribution in [2.75, 3.05) is 19.9 Å². The van der Waals surface area contributed by atoms with Crippen molar-refractivity contribution >= 4 is 8.32 Å². The van der Waals surface area contributed by atoms with Crippen molar-refractivity contribution < 1.29 is 14.4 Å². The van der Waals surface area contributed by atoms with E-state index < -0.39 is 8.32 Å². The Bertz CT molecular complexity index is 220. The molecule has 1 heterocycles. The van der Waals surface area contributed by atoms with Crippen LogP contribution in [0.15, 0.2) is 0 Å². The molecule has 0 saturated carbocycles. The first kappa shape index (κ1) is 14.1. The van der Waals surface area contributed by atoms with E-state index in [1.807, 2.05) is 0 Å². The molecule has 5 heteroatoms. The van der Waals surface area contributed by atoms with Gasteiger partial charge in [0.1, 0.15) is 6.73 Å². The Labute approximate surface area is 99.6 Å². The van der Waals surface area contributed by atoms with Crippen LogP contribution in [0.3, 0.4) is 0 Å². The molecule has 0 aromatic heterocycles. The number of nitrogens with zero attached hydrogens (tertiary/aromatic N) is 1. The van der Waals surface area contributed by atoms with Crippen molar-refractivity contribution in [2.24, 2.45) is 0 Å². The van der Waals surface area contributed by atoms with Gasteiger partial charge in [0.2, 0.25) is 0 Å². The Kier molecular flexibility index (Phi) is 4.54. The average Bonchev–Trinajstić information content (AvgIpc) is 2.15. The standard InChI is InChI=1S/C11H25NO3Si/c1-11(2,3)16(4,5)15-8-10-6-7-12(13)9-14-10/h10,13H,6-9H2,1-5H3. The molecule has 0 aromatic carbocycles. The molecule has 1 saturated heterocycles. The second-order valence-electron chi connectivity index (χ2n) is 6.01. The second kappa shape index (κ2) is 5.14. The number of ether oxygens (including phenoxy) is 1. The van der Waals surface area contributed by atoms with Gasteiger partial charge in [0.25, 0.3) is 0 Å². The van der Waals surface area contributed by atoms with E-state index in [1.165, 1.54) is 5.06 Å². The lowest BCUT2D eigenvalue weighted by atomic mass is 10.2. The van der Waals surface area contributed by atoms with Crippen LogP contribution in [0.2, 0.25) is 18.1 Å². The smallest absolute Gasteiger partial charge is 0.192 e. The van der Waals surface area contributed by atoms with E-state index in [0.717, 1.165) is 6.42 Å². The molecule has 0 aliphatic carbocycles. The van der Waals surface area contributed by atoms with Crippen LogP contribution in [0.4, 0.5) is 0 Å². The highest BCUT2D eigenvalue weighted by Gasteiger charge is 2.37. The summed E-state index contributed by atoms with van der Waals surface area (Å²) in [6.07, 6.45) is 0.975. The topological polar surface area (TPSA) is 41.9 Å². The van der Waals surface area contributed by atoms with Crippen LogP contribution in [0, 0.1) is 0 Å². The maximum Gasteiger partial charge on any atom is 0.192 e. The minimum absolute atomic E-state index is 0.137.